The van der Waals surface area contributed by atoms with Crippen molar-refractivity contribution in [2.45, 2.75) is 58.0 Å². The number of carbonyl (C=O) groups is 2. The maximum absolute atomic E-state index is 13.8. The van der Waals surface area contributed by atoms with Crippen molar-refractivity contribution in [1.82, 2.24) is 9.97 Å². The molecular formula is C35H41F3N4O5. The Morgan fingerprint density at radius 1 is 1.06 bits per heavy atom. The van der Waals surface area contributed by atoms with Crippen molar-refractivity contribution >= 4 is 23.4 Å². The highest BCUT2D eigenvalue weighted by molar-refractivity contribution is 6.09. The second kappa shape index (κ2) is 15.0. The molecule has 0 spiro atoms. The molecule has 1 aromatic carbocycles. The van der Waals surface area contributed by atoms with Crippen molar-refractivity contribution in [2.24, 2.45) is 11.8 Å². The number of ether oxygens (including phenoxy) is 3. The Kier molecular flexibility index (Phi) is 10.9. The van der Waals surface area contributed by atoms with Crippen molar-refractivity contribution in [1.29, 1.82) is 0 Å². The van der Waals surface area contributed by atoms with Crippen molar-refractivity contribution in [2.75, 3.05) is 49.8 Å². The molecule has 1 atom stereocenters. The molecule has 2 fully saturated rings. The zero-order valence-corrected chi connectivity index (χ0v) is 27.0. The lowest BCUT2D eigenvalue weighted by molar-refractivity contribution is -0.143. The molecule has 0 N–H and O–H groups in total. The van der Waals surface area contributed by atoms with Gasteiger partial charge in [0.15, 0.2) is 0 Å². The second-order valence-electron chi connectivity index (χ2n) is 12.1. The normalized spacial score (nSPS) is 16.0. The van der Waals surface area contributed by atoms with Gasteiger partial charge in [-0.1, -0.05) is 6.07 Å². The largest absolute Gasteiger partial charge is 0.497 e. The number of halogens is 3. The molecule has 12 heteroatoms. The minimum Gasteiger partial charge on any atom is -0.497 e. The van der Waals surface area contributed by atoms with Crippen molar-refractivity contribution in [3.8, 4) is 11.6 Å². The Morgan fingerprint density at radius 3 is 2.49 bits per heavy atom. The van der Waals surface area contributed by atoms with E-state index in [1.807, 2.05) is 17.0 Å². The van der Waals surface area contributed by atoms with Crippen LogP contribution in [-0.2, 0) is 9.53 Å². The van der Waals surface area contributed by atoms with Crippen LogP contribution in [-0.4, -0.2) is 68.0 Å². The number of methoxy groups -OCH3 is 1. The van der Waals surface area contributed by atoms with Gasteiger partial charge in [-0.05, 0) is 93.2 Å². The average Bonchev–Trinajstić information content (AvgIpc) is 3.90. The summed E-state index contributed by atoms with van der Waals surface area (Å²) >= 11 is 0. The Hall–Kier alpha value is -4.35. The predicted molar refractivity (Wildman–Crippen MR) is 171 cm³/mol. The number of amides is 1. The summed E-state index contributed by atoms with van der Waals surface area (Å²) in [6.07, 6.45) is 1.08. The molecule has 1 aliphatic carbocycles. The van der Waals surface area contributed by atoms with Crippen LogP contribution in [0.25, 0.3) is 0 Å². The molecule has 3 aromatic rings. The van der Waals surface area contributed by atoms with E-state index in [-0.39, 0.29) is 29.2 Å². The molecule has 0 radical (unpaired) electrons. The van der Waals surface area contributed by atoms with Crippen LogP contribution in [0.3, 0.4) is 0 Å². The number of pyridine rings is 2. The molecule has 1 aliphatic heterocycles. The Balaban J connectivity index is 1.26. The van der Waals surface area contributed by atoms with Gasteiger partial charge in [-0.25, -0.2) is 9.97 Å². The summed E-state index contributed by atoms with van der Waals surface area (Å²) in [5, 5.41) is 0. The molecule has 47 heavy (non-hydrogen) atoms. The number of nitrogens with zero attached hydrogens (tertiary/aromatic N) is 4. The van der Waals surface area contributed by atoms with Crippen LogP contribution in [0.5, 0.6) is 11.6 Å². The third kappa shape index (κ3) is 9.14. The molecule has 2 aliphatic rings. The number of hydrogen-bond donors (Lipinski definition) is 0. The Morgan fingerprint density at radius 2 is 1.83 bits per heavy atom. The van der Waals surface area contributed by atoms with Crippen LogP contribution < -0.4 is 19.3 Å². The highest BCUT2D eigenvalue weighted by atomic mass is 19.4. The summed E-state index contributed by atoms with van der Waals surface area (Å²) in [5.74, 6) is 0.701. The minimum absolute atomic E-state index is 0.0630. The van der Waals surface area contributed by atoms with Crippen LogP contribution >= 0.6 is 0 Å². The van der Waals surface area contributed by atoms with E-state index in [9.17, 15) is 22.8 Å². The van der Waals surface area contributed by atoms with E-state index in [0.29, 0.717) is 66.6 Å². The first kappa shape index (κ1) is 34.0. The van der Waals surface area contributed by atoms with Gasteiger partial charge in [0, 0.05) is 37.1 Å². The highest BCUT2D eigenvalue weighted by Gasteiger charge is 2.37. The van der Waals surface area contributed by atoms with Crippen molar-refractivity contribution in [3.05, 3.63) is 71.5 Å². The number of piperidine rings is 1. The van der Waals surface area contributed by atoms with E-state index in [1.165, 1.54) is 19.2 Å². The molecule has 3 heterocycles. The summed E-state index contributed by atoms with van der Waals surface area (Å²) in [6, 6.07) is 13.3. The van der Waals surface area contributed by atoms with Gasteiger partial charge in [0.1, 0.15) is 18.1 Å². The van der Waals surface area contributed by atoms with Crippen molar-refractivity contribution in [3.63, 3.8) is 0 Å². The smallest absolute Gasteiger partial charge is 0.406 e. The number of aromatic nitrogens is 2. The van der Waals surface area contributed by atoms with Crippen LogP contribution in [0.2, 0.25) is 0 Å². The Bertz CT molecular complexity index is 1540. The van der Waals surface area contributed by atoms with Crippen LogP contribution in [0, 0.1) is 18.8 Å². The topological polar surface area (TPSA) is 94.1 Å². The molecule has 252 valence electrons. The van der Waals surface area contributed by atoms with E-state index >= 15 is 0 Å². The van der Waals surface area contributed by atoms with Gasteiger partial charge in [0.25, 0.3) is 5.91 Å². The summed E-state index contributed by atoms with van der Waals surface area (Å²) in [5.41, 5.74) is 2.18. The quantitative estimate of drug-likeness (QED) is 0.187. The number of hydrogen-bond acceptors (Lipinski definition) is 8. The molecule has 1 saturated heterocycles. The lowest BCUT2D eigenvalue weighted by Crippen LogP contribution is -2.41. The average molecular weight is 655 g/mol. The standard InChI is InChI=1S/C35H41F3N4O5/c1-4-46-33(43)20-29(25-8-9-25)26-12-15-39-32(18-26)47-21-24-13-16-41(17-14-24)30-19-27(45-3)10-11-28(30)34(44)42(22-35(36,37)38)31-7-5-6-23(2)40-31/h5-7,10-12,15,18-19,24-25,29H,4,8-9,13-14,16-17,20-22H2,1-3H3. The highest BCUT2D eigenvalue weighted by Crippen LogP contribution is 2.45. The number of benzene rings is 1. The molecule has 2 aromatic heterocycles. The lowest BCUT2D eigenvalue weighted by atomic mass is 9.92. The number of anilines is 2. The van der Waals surface area contributed by atoms with E-state index < -0.39 is 18.6 Å². The van der Waals surface area contributed by atoms with Gasteiger partial charge in [-0.2, -0.15) is 13.2 Å². The molecule has 1 saturated carbocycles. The van der Waals surface area contributed by atoms with Crippen LogP contribution in [0.15, 0.2) is 54.7 Å². The van der Waals surface area contributed by atoms with Gasteiger partial charge in [-0.3, -0.25) is 14.5 Å². The first-order chi connectivity index (χ1) is 22.5. The van der Waals surface area contributed by atoms with Crippen LogP contribution in [0.4, 0.5) is 24.7 Å². The molecule has 1 unspecified atom stereocenters. The van der Waals surface area contributed by atoms with Gasteiger partial charge in [0.05, 0.1) is 38.0 Å². The number of aryl methyl sites for hydroxylation is 1. The zero-order chi connectivity index (χ0) is 33.6. The fraction of sp³-hybridized carbons (Fsp3) is 0.486. The summed E-state index contributed by atoms with van der Waals surface area (Å²) < 4.78 is 57.7. The number of alkyl halides is 3. The van der Waals surface area contributed by atoms with Gasteiger partial charge in [-0.15, -0.1) is 0 Å². The molecule has 5 rings (SSSR count). The maximum Gasteiger partial charge on any atom is 0.406 e. The number of rotatable bonds is 13. The third-order valence-corrected chi connectivity index (χ3v) is 8.66. The first-order valence-electron chi connectivity index (χ1n) is 16.0. The first-order valence-corrected chi connectivity index (χ1v) is 16.0. The molecular weight excluding hydrogens is 613 g/mol. The van der Waals surface area contributed by atoms with Gasteiger partial charge >= 0.3 is 12.1 Å². The van der Waals surface area contributed by atoms with E-state index in [0.717, 1.165) is 31.2 Å². The fourth-order valence-corrected chi connectivity index (χ4v) is 6.07. The summed E-state index contributed by atoms with van der Waals surface area (Å²) in [6.45, 7) is 3.94. The fourth-order valence-electron chi connectivity index (χ4n) is 6.07. The Labute approximate surface area is 273 Å². The lowest BCUT2D eigenvalue weighted by Gasteiger charge is -2.35. The van der Waals surface area contributed by atoms with Gasteiger partial charge in [0.2, 0.25) is 5.88 Å². The minimum atomic E-state index is -4.62. The SMILES string of the molecule is CCOC(=O)CC(c1ccnc(OCC2CCN(c3cc(OC)ccc3C(=O)N(CC(F)(F)F)c3cccc(C)n3)CC2)c1)C1CC1. The molecule has 9 nitrogen and oxygen atoms in total. The van der Waals surface area contributed by atoms with E-state index in [1.54, 1.807) is 44.3 Å². The van der Waals surface area contributed by atoms with Crippen LogP contribution in [0.1, 0.15) is 66.6 Å². The predicted octanol–water partition coefficient (Wildman–Crippen LogP) is 6.74. The third-order valence-electron chi connectivity index (χ3n) is 8.66. The molecule has 1 amide bonds. The summed E-state index contributed by atoms with van der Waals surface area (Å²) in [7, 11) is 1.50. The zero-order valence-electron chi connectivity index (χ0n) is 27.0. The summed E-state index contributed by atoms with van der Waals surface area (Å²) in [4.78, 5) is 37.3. The van der Waals surface area contributed by atoms with E-state index in [4.69, 9.17) is 14.2 Å². The number of esters is 1. The van der Waals surface area contributed by atoms with Crippen molar-refractivity contribution < 1.29 is 37.0 Å². The maximum atomic E-state index is 13.8. The molecule has 0 bridgehead atoms. The second-order valence-corrected chi connectivity index (χ2v) is 12.1. The van der Waals surface area contributed by atoms with Gasteiger partial charge < -0.3 is 19.1 Å². The monoisotopic (exact) mass is 654 g/mol. The van der Waals surface area contributed by atoms with E-state index in [2.05, 4.69) is 9.97 Å². The number of carbonyl (C=O) groups excluding carboxylic acids is 2.